The number of amides is 1. The third kappa shape index (κ3) is 4.52. The molecule has 1 aliphatic heterocycles. The zero-order chi connectivity index (χ0) is 18.7. The van der Waals surface area contributed by atoms with Gasteiger partial charge in [0.05, 0.1) is 16.6 Å². The van der Waals surface area contributed by atoms with Crippen LogP contribution in [0.1, 0.15) is 48.7 Å². The second kappa shape index (κ2) is 8.32. The van der Waals surface area contributed by atoms with E-state index in [1.54, 1.807) is 18.2 Å². The largest absolute Gasteiger partial charge is 0.371 e. The van der Waals surface area contributed by atoms with Gasteiger partial charge in [-0.3, -0.25) is 4.79 Å². The van der Waals surface area contributed by atoms with E-state index in [0.717, 1.165) is 24.6 Å². The summed E-state index contributed by atoms with van der Waals surface area (Å²) in [6, 6.07) is 13.2. The number of hydrogen-bond donors (Lipinski definition) is 1. The fraction of sp³-hybridized carbons (Fsp3) is 0.381. The van der Waals surface area contributed by atoms with E-state index in [1.165, 1.54) is 18.5 Å². The molecule has 1 heterocycles. The highest BCUT2D eigenvalue weighted by molar-refractivity contribution is 6.36. The van der Waals surface area contributed by atoms with Crippen molar-refractivity contribution >= 4 is 34.8 Å². The number of hydrogen-bond acceptors (Lipinski definition) is 2. The molecule has 2 aromatic rings. The maximum atomic E-state index is 12.5. The summed E-state index contributed by atoms with van der Waals surface area (Å²) in [5.41, 5.74) is 2.75. The fourth-order valence-electron chi connectivity index (χ4n) is 3.43. The second-order valence-electron chi connectivity index (χ2n) is 7.10. The first kappa shape index (κ1) is 19.1. The van der Waals surface area contributed by atoms with E-state index in [2.05, 4.69) is 41.4 Å². The van der Waals surface area contributed by atoms with Gasteiger partial charge in [-0.25, -0.2) is 0 Å². The number of rotatable bonds is 4. The normalized spacial score (nSPS) is 18.5. The van der Waals surface area contributed by atoms with Crippen molar-refractivity contribution in [2.45, 2.75) is 32.7 Å². The molecule has 0 aliphatic carbocycles. The minimum Gasteiger partial charge on any atom is -0.371 e. The van der Waals surface area contributed by atoms with E-state index in [0.29, 0.717) is 15.6 Å². The Morgan fingerprint density at radius 3 is 2.58 bits per heavy atom. The molecule has 0 aromatic heterocycles. The molecule has 0 saturated carbocycles. The van der Waals surface area contributed by atoms with Gasteiger partial charge < -0.3 is 10.2 Å². The molecule has 0 spiro atoms. The lowest BCUT2D eigenvalue weighted by Crippen LogP contribution is -2.34. The molecule has 0 bridgehead atoms. The maximum Gasteiger partial charge on any atom is 0.253 e. The van der Waals surface area contributed by atoms with Crippen molar-refractivity contribution in [3.8, 4) is 0 Å². The summed E-state index contributed by atoms with van der Waals surface area (Å²) in [7, 11) is 0. The van der Waals surface area contributed by atoms with Gasteiger partial charge in [-0.05, 0) is 61.6 Å². The van der Waals surface area contributed by atoms with Gasteiger partial charge in [0.25, 0.3) is 5.91 Å². The molecule has 2 aromatic carbocycles. The summed E-state index contributed by atoms with van der Waals surface area (Å²) in [4.78, 5) is 14.9. The molecular weight excluding hydrogens is 367 g/mol. The van der Waals surface area contributed by atoms with E-state index < -0.39 is 0 Å². The van der Waals surface area contributed by atoms with E-state index >= 15 is 0 Å². The fourth-order valence-corrected chi connectivity index (χ4v) is 3.92. The van der Waals surface area contributed by atoms with Gasteiger partial charge in [-0.2, -0.15) is 0 Å². The number of benzene rings is 2. The van der Waals surface area contributed by atoms with E-state index in [9.17, 15) is 4.79 Å². The van der Waals surface area contributed by atoms with Gasteiger partial charge in [0, 0.05) is 23.8 Å². The molecule has 2 atom stereocenters. The molecule has 5 heteroatoms. The minimum atomic E-state index is -0.201. The smallest absolute Gasteiger partial charge is 0.253 e. The van der Waals surface area contributed by atoms with Gasteiger partial charge >= 0.3 is 0 Å². The van der Waals surface area contributed by atoms with Gasteiger partial charge in [0.2, 0.25) is 0 Å². The lowest BCUT2D eigenvalue weighted by atomic mass is 9.99. The van der Waals surface area contributed by atoms with Crippen LogP contribution in [0.15, 0.2) is 42.5 Å². The van der Waals surface area contributed by atoms with Crippen LogP contribution >= 0.6 is 23.2 Å². The van der Waals surface area contributed by atoms with Crippen LogP contribution in [0.4, 0.5) is 5.69 Å². The summed E-state index contributed by atoms with van der Waals surface area (Å²) in [6.07, 6.45) is 2.56. The lowest BCUT2D eigenvalue weighted by molar-refractivity contribution is 0.0940. The third-order valence-corrected chi connectivity index (χ3v) is 5.49. The Labute approximate surface area is 165 Å². The number of halogens is 2. The first-order chi connectivity index (χ1) is 12.4. The molecule has 1 saturated heterocycles. The Hall–Kier alpha value is -1.71. The van der Waals surface area contributed by atoms with Gasteiger partial charge in [0.15, 0.2) is 0 Å². The van der Waals surface area contributed by atoms with Crippen LogP contribution in [-0.4, -0.2) is 19.0 Å². The number of anilines is 1. The number of nitrogens with one attached hydrogen (secondary N) is 1. The molecule has 1 aliphatic rings. The first-order valence-corrected chi connectivity index (χ1v) is 9.80. The average Bonchev–Trinajstić information content (AvgIpc) is 2.61. The highest BCUT2D eigenvalue weighted by Gasteiger charge is 2.18. The van der Waals surface area contributed by atoms with Crippen LogP contribution in [0.25, 0.3) is 0 Å². The highest BCUT2D eigenvalue weighted by atomic mass is 35.5. The molecule has 3 nitrogen and oxygen atoms in total. The third-order valence-electron chi connectivity index (χ3n) is 4.94. The van der Waals surface area contributed by atoms with Crippen molar-refractivity contribution in [2.75, 3.05) is 18.0 Å². The Bertz CT molecular complexity index is 776. The van der Waals surface area contributed by atoms with Gasteiger partial charge in [-0.15, -0.1) is 0 Å². The van der Waals surface area contributed by atoms with Gasteiger partial charge in [0.1, 0.15) is 0 Å². The standard InChI is InChI=1S/C21H24Cl2N2O/c1-14-4-3-11-25(13-14)18-8-5-16(6-9-18)15(2)24-21(26)19-10-7-17(22)12-20(19)23/h5-10,12,14-15H,3-4,11,13H2,1-2H3,(H,24,26)/t14-,15-/m1/s1. The maximum absolute atomic E-state index is 12.5. The average molecular weight is 391 g/mol. The van der Waals surface area contributed by atoms with Crippen molar-refractivity contribution < 1.29 is 4.79 Å². The van der Waals surface area contributed by atoms with Crippen molar-refractivity contribution in [1.82, 2.24) is 5.32 Å². The lowest BCUT2D eigenvalue weighted by Gasteiger charge is -2.33. The van der Waals surface area contributed by atoms with Crippen molar-refractivity contribution in [3.05, 3.63) is 63.6 Å². The summed E-state index contributed by atoms with van der Waals surface area (Å²) < 4.78 is 0. The molecule has 1 amide bonds. The SMILES string of the molecule is C[C@@H]1CCCN(c2ccc([C@@H](C)NC(=O)c3ccc(Cl)cc3Cl)cc2)C1. The topological polar surface area (TPSA) is 32.3 Å². The van der Waals surface area contributed by atoms with Crippen molar-refractivity contribution in [1.29, 1.82) is 0 Å². The number of piperidine rings is 1. The predicted molar refractivity (Wildman–Crippen MR) is 109 cm³/mol. The van der Waals surface area contributed by atoms with Gasteiger partial charge in [-0.1, -0.05) is 42.3 Å². The Morgan fingerprint density at radius 2 is 1.92 bits per heavy atom. The first-order valence-electron chi connectivity index (χ1n) is 9.05. The molecule has 138 valence electrons. The summed E-state index contributed by atoms with van der Waals surface area (Å²) in [5, 5.41) is 3.87. The quantitative estimate of drug-likeness (QED) is 0.723. The summed E-state index contributed by atoms with van der Waals surface area (Å²) in [5.74, 6) is 0.541. The van der Waals surface area contributed by atoms with Crippen LogP contribution in [0, 0.1) is 5.92 Å². The molecular formula is C21H24Cl2N2O. The van der Waals surface area contributed by atoms with Crippen molar-refractivity contribution in [2.24, 2.45) is 5.92 Å². The molecule has 1 N–H and O–H groups in total. The molecule has 1 fully saturated rings. The molecule has 0 radical (unpaired) electrons. The monoisotopic (exact) mass is 390 g/mol. The van der Waals surface area contributed by atoms with Crippen molar-refractivity contribution in [3.63, 3.8) is 0 Å². The van der Waals surface area contributed by atoms with Crippen LogP contribution in [0.2, 0.25) is 10.0 Å². The molecule has 26 heavy (non-hydrogen) atoms. The highest BCUT2D eigenvalue weighted by Crippen LogP contribution is 2.25. The minimum absolute atomic E-state index is 0.108. The van der Waals surface area contributed by atoms with Crippen LogP contribution in [0.3, 0.4) is 0 Å². The predicted octanol–water partition coefficient (Wildman–Crippen LogP) is 5.72. The van der Waals surface area contributed by atoms with E-state index in [1.807, 2.05) is 6.92 Å². The second-order valence-corrected chi connectivity index (χ2v) is 7.95. The van der Waals surface area contributed by atoms with Crippen LogP contribution < -0.4 is 10.2 Å². The van der Waals surface area contributed by atoms with E-state index in [-0.39, 0.29) is 11.9 Å². The Kier molecular flexibility index (Phi) is 6.10. The zero-order valence-corrected chi connectivity index (χ0v) is 16.6. The number of carbonyl (C=O) groups is 1. The molecule has 0 unspecified atom stereocenters. The molecule has 3 rings (SSSR count). The zero-order valence-electron chi connectivity index (χ0n) is 15.1. The number of nitrogens with zero attached hydrogens (tertiary/aromatic N) is 1. The summed E-state index contributed by atoms with van der Waals surface area (Å²) >= 11 is 12.0. The van der Waals surface area contributed by atoms with E-state index in [4.69, 9.17) is 23.2 Å². The van der Waals surface area contributed by atoms with Crippen LogP contribution in [-0.2, 0) is 0 Å². The Balaban J connectivity index is 1.66. The Morgan fingerprint density at radius 1 is 1.19 bits per heavy atom. The summed E-state index contributed by atoms with van der Waals surface area (Å²) in [6.45, 7) is 6.51. The van der Waals surface area contributed by atoms with Crippen LogP contribution in [0.5, 0.6) is 0 Å². The number of carbonyl (C=O) groups excluding carboxylic acids is 1.